The molecule has 0 aliphatic heterocycles. The number of aromatic amines is 1. The standard InChI is InChI=1S/C20H17BrN4O3/c1-2-3-9-25-19(26)15-8-7-13(11-16(15)22-20(25)27)18-23-17(24-28-18)12-5-4-6-14(21)10-12/h4-8,10-11H,2-3,9H2,1H3,(H,22,27). The molecule has 4 aromatic rings. The highest BCUT2D eigenvalue weighted by atomic mass is 79.9. The predicted molar refractivity (Wildman–Crippen MR) is 110 cm³/mol. The number of benzene rings is 2. The number of nitrogens with zero attached hydrogens (tertiary/aromatic N) is 3. The first-order valence-electron chi connectivity index (χ1n) is 8.93. The van der Waals surface area contributed by atoms with Crippen LogP contribution >= 0.6 is 15.9 Å². The third-order valence-corrected chi connectivity index (χ3v) is 4.97. The lowest BCUT2D eigenvalue weighted by atomic mass is 10.1. The fourth-order valence-electron chi connectivity index (χ4n) is 2.99. The number of rotatable bonds is 5. The number of fused-ring (bicyclic) bond motifs is 1. The lowest BCUT2D eigenvalue weighted by molar-refractivity contribution is 0.432. The molecule has 1 N–H and O–H groups in total. The van der Waals surface area contributed by atoms with E-state index < -0.39 is 5.69 Å². The zero-order valence-corrected chi connectivity index (χ0v) is 16.7. The van der Waals surface area contributed by atoms with Crippen molar-refractivity contribution >= 4 is 26.8 Å². The quantitative estimate of drug-likeness (QED) is 0.506. The Balaban J connectivity index is 1.75. The van der Waals surface area contributed by atoms with Crippen molar-refractivity contribution in [3.8, 4) is 22.8 Å². The van der Waals surface area contributed by atoms with Crippen LogP contribution in [0.15, 0.2) is 61.0 Å². The molecule has 0 unspecified atom stereocenters. The van der Waals surface area contributed by atoms with Crippen LogP contribution in [0.4, 0.5) is 0 Å². The summed E-state index contributed by atoms with van der Waals surface area (Å²) in [6.07, 6.45) is 1.67. The van der Waals surface area contributed by atoms with Gasteiger partial charge >= 0.3 is 5.69 Å². The number of H-pyrrole nitrogens is 1. The lowest BCUT2D eigenvalue weighted by Gasteiger charge is -2.06. The van der Waals surface area contributed by atoms with E-state index in [2.05, 4.69) is 31.1 Å². The van der Waals surface area contributed by atoms with Crippen LogP contribution in [0.1, 0.15) is 19.8 Å². The molecule has 0 saturated carbocycles. The molecule has 0 fully saturated rings. The summed E-state index contributed by atoms with van der Waals surface area (Å²) in [6, 6.07) is 12.7. The number of aromatic nitrogens is 4. The molecular weight excluding hydrogens is 424 g/mol. The van der Waals surface area contributed by atoms with Crippen molar-refractivity contribution in [2.75, 3.05) is 0 Å². The molecule has 8 heteroatoms. The van der Waals surface area contributed by atoms with Gasteiger partial charge < -0.3 is 9.51 Å². The molecule has 2 aromatic carbocycles. The third-order valence-electron chi connectivity index (χ3n) is 4.47. The number of unbranched alkanes of at least 4 members (excludes halogenated alkanes) is 1. The van der Waals surface area contributed by atoms with Gasteiger partial charge in [0.25, 0.3) is 11.4 Å². The summed E-state index contributed by atoms with van der Waals surface area (Å²) in [5.74, 6) is 0.771. The maximum atomic E-state index is 12.6. The largest absolute Gasteiger partial charge is 0.334 e. The smallest absolute Gasteiger partial charge is 0.328 e. The second-order valence-electron chi connectivity index (χ2n) is 6.43. The average molecular weight is 441 g/mol. The van der Waals surface area contributed by atoms with E-state index in [1.807, 2.05) is 31.2 Å². The number of hydrogen-bond donors (Lipinski definition) is 1. The van der Waals surface area contributed by atoms with Crippen molar-refractivity contribution in [2.24, 2.45) is 0 Å². The minimum Gasteiger partial charge on any atom is -0.334 e. The molecule has 4 rings (SSSR count). The monoisotopic (exact) mass is 440 g/mol. The number of halogens is 1. The first-order chi connectivity index (χ1) is 13.6. The molecular formula is C20H17BrN4O3. The Kier molecular flexibility index (Phi) is 4.95. The van der Waals surface area contributed by atoms with Crippen LogP contribution in [0, 0.1) is 0 Å². The van der Waals surface area contributed by atoms with Crippen LogP contribution in [-0.4, -0.2) is 19.7 Å². The van der Waals surface area contributed by atoms with E-state index in [1.165, 1.54) is 4.57 Å². The van der Waals surface area contributed by atoms with Gasteiger partial charge in [-0.2, -0.15) is 4.98 Å². The van der Waals surface area contributed by atoms with E-state index in [9.17, 15) is 9.59 Å². The Morgan fingerprint density at radius 3 is 2.79 bits per heavy atom. The molecule has 0 bridgehead atoms. The Bertz CT molecular complexity index is 1270. The van der Waals surface area contributed by atoms with Gasteiger partial charge in [-0.25, -0.2) is 4.79 Å². The maximum absolute atomic E-state index is 12.6. The molecule has 0 atom stereocenters. The lowest BCUT2D eigenvalue weighted by Crippen LogP contribution is -2.35. The average Bonchev–Trinajstić information content (AvgIpc) is 3.18. The molecule has 7 nitrogen and oxygen atoms in total. The SMILES string of the molecule is CCCCn1c(=O)[nH]c2cc(-c3nc(-c4cccc(Br)c4)no3)ccc2c1=O. The Morgan fingerprint density at radius 1 is 1.14 bits per heavy atom. The summed E-state index contributed by atoms with van der Waals surface area (Å²) in [5, 5.41) is 4.47. The Morgan fingerprint density at radius 2 is 2.00 bits per heavy atom. The zero-order valence-electron chi connectivity index (χ0n) is 15.1. The van der Waals surface area contributed by atoms with E-state index in [1.54, 1.807) is 18.2 Å². The molecule has 2 aromatic heterocycles. The van der Waals surface area contributed by atoms with Crippen molar-refractivity contribution in [3.63, 3.8) is 0 Å². The molecule has 0 aliphatic carbocycles. The van der Waals surface area contributed by atoms with Crippen LogP contribution in [0.25, 0.3) is 33.7 Å². The van der Waals surface area contributed by atoms with Crippen LogP contribution in [0.2, 0.25) is 0 Å². The summed E-state index contributed by atoms with van der Waals surface area (Å²) in [4.78, 5) is 32.1. The van der Waals surface area contributed by atoms with Crippen molar-refractivity contribution < 1.29 is 4.52 Å². The van der Waals surface area contributed by atoms with Gasteiger partial charge in [-0.1, -0.05) is 46.6 Å². The van der Waals surface area contributed by atoms with Crippen LogP contribution in [-0.2, 0) is 6.54 Å². The van der Waals surface area contributed by atoms with Gasteiger partial charge in [0.1, 0.15) is 0 Å². The molecule has 2 heterocycles. The van der Waals surface area contributed by atoms with E-state index in [-0.39, 0.29) is 5.56 Å². The van der Waals surface area contributed by atoms with Gasteiger partial charge in [-0.15, -0.1) is 0 Å². The molecule has 28 heavy (non-hydrogen) atoms. The summed E-state index contributed by atoms with van der Waals surface area (Å²) < 4.78 is 7.53. The second kappa shape index (κ2) is 7.55. The van der Waals surface area contributed by atoms with E-state index in [0.29, 0.717) is 34.7 Å². The Hall–Kier alpha value is -3.00. The number of hydrogen-bond acceptors (Lipinski definition) is 5. The summed E-state index contributed by atoms with van der Waals surface area (Å²) in [7, 11) is 0. The van der Waals surface area contributed by atoms with Gasteiger partial charge in [0.15, 0.2) is 0 Å². The van der Waals surface area contributed by atoms with Crippen molar-refractivity contribution in [1.29, 1.82) is 0 Å². The highest BCUT2D eigenvalue weighted by Crippen LogP contribution is 2.25. The van der Waals surface area contributed by atoms with Crippen molar-refractivity contribution in [3.05, 3.63) is 67.8 Å². The normalized spacial score (nSPS) is 11.2. The molecule has 0 aliphatic rings. The molecule has 142 valence electrons. The third kappa shape index (κ3) is 3.43. The van der Waals surface area contributed by atoms with Gasteiger partial charge in [-0.05, 0) is 36.8 Å². The molecule has 0 amide bonds. The van der Waals surface area contributed by atoms with Crippen LogP contribution in [0.3, 0.4) is 0 Å². The minimum atomic E-state index is -0.413. The van der Waals surface area contributed by atoms with Crippen LogP contribution < -0.4 is 11.2 Å². The fraction of sp³-hybridized carbons (Fsp3) is 0.200. The topological polar surface area (TPSA) is 93.8 Å². The summed E-state index contributed by atoms with van der Waals surface area (Å²) in [6.45, 7) is 2.42. The molecule has 0 saturated heterocycles. The zero-order chi connectivity index (χ0) is 19.7. The van der Waals surface area contributed by atoms with Crippen molar-refractivity contribution in [1.82, 2.24) is 19.7 Å². The van der Waals surface area contributed by atoms with Crippen LogP contribution in [0.5, 0.6) is 0 Å². The second-order valence-corrected chi connectivity index (χ2v) is 7.35. The van der Waals surface area contributed by atoms with Gasteiger partial charge in [0, 0.05) is 22.1 Å². The summed E-state index contributed by atoms with van der Waals surface area (Å²) in [5.41, 5.74) is 1.19. The summed E-state index contributed by atoms with van der Waals surface area (Å²) >= 11 is 3.42. The maximum Gasteiger partial charge on any atom is 0.328 e. The first-order valence-corrected chi connectivity index (χ1v) is 9.73. The highest BCUT2D eigenvalue weighted by molar-refractivity contribution is 9.10. The van der Waals surface area contributed by atoms with Gasteiger partial charge in [0.05, 0.1) is 10.9 Å². The van der Waals surface area contributed by atoms with E-state index in [0.717, 1.165) is 22.9 Å². The number of nitrogens with one attached hydrogen (secondary N) is 1. The minimum absolute atomic E-state index is 0.292. The van der Waals surface area contributed by atoms with Gasteiger partial charge in [0.2, 0.25) is 5.82 Å². The van der Waals surface area contributed by atoms with Crippen molar-refractivity contribution in [2.45, 2.75) is 26.3 Å². The van der Waals surface area contributed by atoms with E-state index in [4.69, 9.17) is 4.52 Å². The van der Waals surface area contributed by atoms with Gasteiger partial charge in [-0.3, -0.25) is 9.36 Å². The first kappa shape index (κ1) is 18.4. The fourth-order valence-corrected chi connectivity index (χ4v) is 3.39. The molecule has 0 spiro atoms. The van der Waals surface area contributed by atoms with E-state index >= 15 is 0 Å². The molecule has 0 radical (unpaired) electrons. The predicted octanol–water partition coefficient (Wildman–Crippen LogP) is 3.97. The Labute approximate surface area is 168 Å². The highest BCUT2D eigenvalue weighted by Gasteiger charge is 2.13.